The smallest absolute Gasteiger partial charge is 0.127 e. The van der Waals surface area contributed by atoms with Crippen LogP contribution in [-0.4, -0.2) is 36.2 Å². The lowest BCUT2D eigenvalue weighted by atomic mass is 10.0. The van der Waals surface area contributed by atoms with Crippen LogP contribution in [0, 0.1) is 5.82 Å². The van der Waals surface area contributed by atoms with Crippen LogP contribution in [0.2, 0.25) is 0 Å². The third kappa shape index (κ3) is 3.68. The van der Waals surface area contributed by atoms with Crippen LogP contribution in [0.5, 0.6) is 5.75 Å². The van der Waals surface area contributed by atoms with Crippen LogP contribution in [0.4, 0.5) is 4.39 Å². The molecule has 1 aliphatic rings. The van der Waals surface area contributed by atoms with Crippen molar-refractivity contribution in [3.8, 4) is 5.75 Å². The van der Waals surface area contributed by atoms with Crippen molar-refractivity contribution in [1.82, 2.24) is 10.2 Å². The molecule has 1 heterocycles. The van der Waals surface area contributed by atoms with E-state index in [1.807, 2.05) is 0 Å². The normalized spacial score (nSPS) is 21.1. The summed E-state index contributed by atoms with van der Waals surface area (Å²) in [4.78, 5) is 2.37. The molecule has 4 heteroatoms. The van der Waals surface area contributed by atoms with E-state index in [1.54, 1.807) is 6.07 Å². The molecule has 18 heavy (non-hydrogen) atoms. The first-order chi connectivity index (χ1) is 8.65. The maximum atomic E-state index is 13.1. The van der Waals surface area contributed by atoms with E-state index < -0.39 is 0 Å². The number of benzene rings is 1. The molecule has 0 spiro atoms. The Morgan fingerprint density at radius 1 is 1.39 bits per heavy atom. The number of nitrogens with one attached hydrogen (secondary N) is 1. The van der Waals surface area contributed by atoms with Gasteiger partial charge in [0.2, 0.25) is 0 Å². The average molecular weight is 252 g/mol. The highest BCUT2D eigenvalue weighted by atomic mass is 19.1. The molecular formula is C14H21FN2O. The summed E-state index contributed by atoms with van der Waals surface area (Å²) in [6.07, 6.45) is 3.79. The van der Waals surface area contributed by atoms with Gasteiger partial charge in [0.25, 0.3) is 0 Å². The van der Waals surface area contributed by atoms with E-state index in [0.717, 1.165) is 24.7 Å². The number of phenolic OH excluding ortho intramolecular Hbond substituents is 1. The van der Waals surface area contributed by atoms with E-state index in [2.05, 4.69) is 17.3 Å². The molecule has 2 N–H and O–H groups in total. The van der Waals surface area contributed by atoms with Gasteiger partial charge < -0.3 is 15.3 Å². The lowest BCUT2D eigenvalue weighted by Gasteiger charge is -2.32. The second kappa shape index (κ2) is 6.16. The minimum Gasteiger partial charge on any atom is -0.508 e. The van der Waals surface area contributed by atoms with Gasteiger partial charge in [-0.05, 0) is 44.1 Å². The van der Waals surface area contributed by atoms with Crippen LogP contribution in [0.15, 0.2) is 18.2 Å². The number of likely N-dealkylation sites (N-methyl/N-ethyl adjacent to an activating group) is 1. The number of aromatic hydroxyl groups is 1. The van der Waals surface area contributed by atoms with Gasteiger partial charge >= 0.3 is 0 Å². The molecule has 0 aliphatic carbocycles. The second-order valence-electron chi connectivity index (χ2n) is 5.08. The Morgan fingerprint density at radius 3 is 2.94 bits per heavy atom. The highest BCUT2D eigenvalue weighted by Gasteiger charge is 2.17. The van der Waals surface area contributed by atoms with Crippen LogP contribution in [0.3, 0.4) is 0 Å². The molecular weight excluding hydrogens is 231 g/mol. The fourth-order valence-electron chi connectivity index (χ4n) is 2.52. The van der Waals surface area contributed by atoms with Crippen LogP contribution < -0.4 is 5.32 Å². The first-order valence-corrected chi connectivity index (χ1v) is 6.54. The van der Waals surface area contributed by atoms with Gasteiger partial charge in [0.1, 0.15) is 11.6 Å². The topological polar surface area (TPSA) is 35.5 Å². The number of hydrogen-bond donors (Lipinski definition) is 2. The van der Waals surface area contributed by atoms with Crippen molar-refractivity contribution in [3.05, 3.63) is 29.6 Å². The Hall–Kier alpha value is -1.13. The SMILES string of the molecule is CN1CCCCC1CNCc1cc(O)cc(F)c1. The Labute approximate surface area is 108 Å². The Balaban J connectivity index is 1.80. The number of hydrogen-bond acceptors (Lipinski definition) is 3. The number of likely N-dealkylation sites (tertiary alicyclic amines) is 1. The lowest BCUT2D eigenvalue weighted by molar-refractivity contribution is 0.181. The summed E-state index contributed by atoms with van der Waals surface area (Å²) in [6.45, 7) is 2.66. The predicted octanol–water partition coefficient (Wildman–Crippen LogP) is 2.11. The van der Waals surface area contributed by atoms with Gasteiger partial charge in [0.05, 0.1) is 0 Å². The predicted molar refractivity (Wildman–Crippen MR) is 70.0 cm³/mol. The standard InChI is InChI=1S/C14H21FN2O/c1-17-5-3-2-4-13(17)10-16-9-11-6-12(15)8-14(18)7-11/h6-8,13,16,18H,2-5,9-10H2,1H3. The van der Waals surface area contributed by atoms with Crippen molar-refractivity contribution in [1.29, 1.82) is 0 Å². The van der Waals surface area contributed by atoms with E-state index in [1.165, 1.54) is 25.3 Å². The van der Waals surface area contributed by atoms with E-state index >= 15 is 0 Å². The zero-order valence-electron chi connectivity index (χ0n) is 10.8. The first kappa shape index (κ1) is 13.3. The summed E-state index contributed by atoms with van der Waals surface area (Å²) in [5.74, 6) is -0.400. The molecule has 0 amide bonds. The summed E-state index contributed by atoms with van der Waals surface area (Å²) in [5.41, 5.74) is 0.783. The van der Waals surface area contributed by atoms with Gasteiger partial charge in [-0.3, -0.25) is 0 Å². The van der Waals surface area contributed by atoms with Gasteiger partial charge in [-0.2, -0.15) is 0 Å². The van der Waals surface area contributed by atoms with Crippen molar-refractivity contribution < 1.29 is 9.50 Å². The molecule has 0 saturated carbocycles. The van der Waals surface area contributed by atoms with Crippen molar-refractivity contribution in [2.24, 2.45) is 0 Å². The van der Waals surface area contributed by atoms with E-state index in [9.17, 15) is 9.50 Å². The fraction of sp³-hybridized carbons (Fsp3) is 0.571. The van der Waals surface area contributed by atoms with Gasteiger partial charge in [-0.15, -0.1) is 0 Å². The molecule has 100 valence electrons. The average Bonchev–Trinajstić information content (AvgIpc) is 2.30. The molecule has 1 aliphatic heterocycles. The minimum absolute atomic E-state index is 0.0124. The lowest BCUT2D eigenvalue weighted by Crippen LogP contribution is -2.42. The monoisotopic (exact) mass is 252 g/mol. The number of phenols is 1. The Bertz CT molecular complexity index is 377. The molecule has 1 fully saturated rings. The summed E-state index contributed by atoms with van der Waals surface area (Å²) in [5, 5.41) is 12.6. The van der Waals surface area contributed by atoms with Crippen LogP contribution in [0.25, 0.3) is 0 Å². The van der Waals surface area contributed by atoms with Crippen LogP contribution >= 0.6 is 0 Å². The molecule has 3 nitrogen and oxygen atoms in total. The zero-order valence-corrected chi connectivity index (χ0v) is 10.8. The molecule has 1 atom stereocenters. The Kier molecular flexibility index (Phi) is 4.55. The summed E-state index contributed by atoms with van der Waals surface area (Å²) >= 11 is 0. The van der Waals surface area contributed by atoms with Gasteiger partial charge in [0, 0.05) is 25.2 Å². The van der Waals surface area contributed by atoms with Gasteiger partial charge in [0.15, 0.2) is 0 Å². The molecule has 2 rings (SSSR count). The molecule has 0 bridgehead atoms. The quantitative estimate of drug-likeness (QED) is 0.861. The summed E-state index contributed by atoms with van der Waals surface area (Å²) < 4.78 is 13.1. The highest BCUT2D eigenvalue weighted by Crippen LogP contribution is 2.16. The van der Waals surface area contributed by atoms with Crippen LogP contribution in [0.1, 0.15) is 24.8 Å². The van der Waals surface area contributed by atoms with Crippen molar-refractivity contribution in [2.75, 3.05) is 20.1 Å². The number of halogens is 1. The maximum absolute atomic E-state index is 13.1. The van der Waals surface area contributed by atoms with E-state index in [-0.39, 0.29) is 11.6 Å². The highest BCUT2D eigenvalue weighted by molar-refractivity contribution is 5.28. The van der Waals surface area contributed by atoms with Crippen molar-refractivity contribution in [2.45, 2.75) is 31.8 Å². The number of rotatable bonds is 4. The minimum atomic E-state index is -0.387. The largest absolute Gasteiger partial charge is 0.508 e. The number of nitrogens with zero attached hydrogens (tertiary/aromatic N) is 1. The molecule has 0 aromatic heterocycles. The molecule has 1 aromatic rings. The second-order valence-corrected chi connectivity index (χ2v) is 5.08. The third-order valence-corrected chi connectivity index (χ3v) is 3.57. The first-order valence-electron chi connectivity index (χ1n) is 6.54. The Morgan fingerprint density at radius 2 is 2.22 bits per heavy atom. The third-order valence-electron chi connectivity index (χ3n) is 3.57. The van der Waals surface area contributed by atoms with Gasteiger partial charge in [-0.1, -0.05) is 6.42 Å². The molecule has 1 aromatic carbocycles. The zero-order chi connectivity index (χ0) is 13.0. The fourth-order valence-corrected chi connectivity index (χ4v) is 2.52. The van der Waals surface area contributed by atoms with E-state index in [0.29, 0.717) is 12.6 Å². The van der Waals surface area contributed by atoms with Crippen molar-refractivity contribution >= 4 is 0 Å². The summed E-state index contributed by atoms with van der Waals surface area (Å²) in [7, 11) is 2.15. The number of piperidine rings is 1. The van der Waals surface area contributed by atoms with E-state index in [4.69, 9.17) is 0 Å². The summed E-state index contributed by atoms with van der Waals surface area (Å²) in [6, 6.07) is 4.75. The maximum Gasteiger partial charge on any atom is 0.127 e. The molecule has 1 unspecified atom stereocenters. The van der Waals surface area contributed by atoms with Crippen LogP contribution in [-0.2, 0) is 6.54 Å². The molecule has 0 radical (unpaired) electrons. The molecule has 1 saturated heterocycles. The van der Waals surface area contributed by atoms with Crippen molar-refractivity contribution in [3.63, 3.8) is 0 Å². The van der Waals surface area contributed by atoms with Gasteiger partial charge in [-0.25, -0.2) is 4.39 Å².